The van der Waals surface area contributed by atoms with E-state index in [1.54, 1.807) is 18.7 Å². The van der Waals surface area contributed by atoms with E-state index in [0.29, 0.717) is 43.5 Å². The molecule has 1 unspecified atom stereocenters. The number of nitrogens with zero attached hydrogens (tertiary/aromatic N) is 2. The summed E-state index contributed by atoms with van der Waals surface area (Å²) in [6.45, 7) is 6.97. The molecule has 0 aromatic heterocycles. The van der Waals surface area contributed by atoms with Gasteiger partial charge in [-0.25, -0.2) is 4.39 Å². The van der Waals surface area contributed by atoms with Crippen molar-refractivity contribution in [1.29, 1.82) is 0 Å². The summed E-state index contributed by atoms with van der Waals surface area (Å²) in [7, 11) is 0. The Bertz CT molecular complexity index is 1050. The molecule has 0 bridgehead atoms. The Morgan fingerprint density at radius 3 is 2.44 bits per heavy atom. The third-order valence-corrected chi connectivity index (χ3v) is 7.21. The van der Waals surface area contributed by atoms with Crippen molar-refractivity contribution in [3.63, 3.8) is 0 Å². The second-order valence-corrected chi connectivity index (χ2v) is 10.8. The molecule has 0 aliphatic carbocycles. The third-order valence-electron chi connectivity index (χ3n) is 7.21. The van der Waals surface area contributed by atoms with E-state index < -0.39 is 5.67 Å². The van der Waals surface area contributed by atoms with Gasteiger partial charge < -0.3 is 20.3 Å². The van der Waals surface area contributed by atoms with Gasteiger partial charge in [0.2, 0.25) is 5.91 Å². The fraction of sp³-hybridized carbons (Fsp3) is 0.517. The SMILES string of the molecule is CC(C)(F)CN1CCC(COc2ccc(-c3ccccc3)c(C(=O)N3CCCC(C(N)=O)C3)c2)CC1. The monoisotopic (exact) mass is 495 g/mol. The maximum Gasteiger partial charge on any atom is 0.254 e. The number of alkyl halides is 1. The number of nitrogens with two attached hydrogens (primary N) is 1. The van der Waals surface area contributed by atoms with E-state index in [9.17, 15) is 14.0 Å². The molecule has 2 aromatic rings. The van der Waals surface area contributed by atoms with Gasteiger partial charge >= 0.3 is 0 Å². The Balaban J connectivity index is 1.47. The fourth-order valence-corrected chi connectivity index (χ4v) is 5.28. The number of primary amides is 1. The summed E-state index contributed by atoms with van der Waals surface area (Å²) in [6, 6.07) is 15.5. The van der Waals surface area contributed by atoms with E-state index in [-0.39, 0.29) is 17.7 Å². The van der Waals surface area contributed by atoms with E-state index in [1.807, 2.05) is 48.5 Å². The van der Waals surface area contributed by atoms with Crippen LogP contribution >= 0.6 is 0 Å². The lowest BCUT2D eigenvalue weighted by atomic mass is 9.94. The van der Waals surface area contributed by atoms with Crippen molar-refractivity contribution in [3.8, 4) is 16.9 Å². The quantitative estimate of drug-likeness (QED) is 0.584. The standard InChI is InChI=1S/C29H38FN3O3/c1-29(2,30)20-32-15-12-21(13-16-32)19-36-24-10-11-25(22-7-4-3-5-8-22)26(17-24)28(35)33-14-6-9-23(18-33)27(31)34/h3-5,7-8,10-11,17,21,23H,6,9,12-16,18-20H2,1-2H3,(H2,31,34). The lowest BCUT2D eigenvalue weighted by molar-refractivity contribution is -0.123. The Kier molecular flexibility index (Phi) is 8.29. The number of benzene rings is 2. The largest absolute Gasteiger partial charge is 0.493 e. The van der Waals surface area contributed by atoms with Crippen LogP contribution in [0.1, 0.15) is 49.9 Å². The predicted octanol–water partition coefficient (Wildman–Crippen LogP) is 4.53. The van der Waals surface area contributed by atoms with Crippen molar-refractivity contribution in [2.45, 2.75) is 45.2 Å². The number of hydrogen-bond donors (Lipinski definition) is 1. The Labute approximate surface area is 213 Å². The first-order chi connectivity index (χ1) is 17.2. The van der Waals surface area contributed by atoms with Crippen molar-refractivity contribution in [3.05, 3.63) is 54.1 Å². The molecule has 0 spiro atoms. The van der Waals surface area contributed by atoms with Crippen LogP contribution in [0, 0.1) is 11.8 Å². The minimum atomic E-state index is -1.18. The van der Waals surface area contributed by atoms with E-state index in [2.05, 4.69) is 4.90 Å². The Morgan fingerprint density at radius 2 is 1.78 bits per heavy atom. The van der Waals surface area contributed by atoms with Crippen LogP contribution in [0.4, 0.5) is 4.39 Å². The lowest BCUT2D eigenvalue weighted by Crippen LogP contribution is -2.44. The molecule has 0 saturated carbocycles. The van der Waals surface area contributed by atoms with Crippen LogP contribution in [0.5, 0.6) is 5.75 Å². The van der Waals surface area contributed by atoms with Crippen LogP contribution in [0.3, 0.4) is 0 Å². The molecule has 4 rings (SSSR count). The third kappa shape index (κ3) is 6.84. The van der Waals surface area contributed by atoms with Crippen LogP contribution in [-0.2, 0) is 4.79 Å². The van der Waals surface area contributed by atoms with E-state index in [0.717, 1.165) is 49.9 Å². The molecule has 0 radical (unpaired) electrons. The zero-order valence-corrected chi connectivity index (χ0v) is 21.4. The second kappa shape index (κ2) is 11.4. The number of likely N-dealkylation sites (tertiary alicyclic amines) is 2. The number of amides is 2. The molecule has 2 aromatic carbocycles. The molecular formula is C29H38FN3O3. The number of carbonyl (C=O) groups is 2. The fourth-order valence-electron chi connectivity index (χ4n) is 5.28. The summed E-state index contributed by atoms with van der Waals surface area (Å²) in [5.41, 5.74) is 6.74. The van der Waals surface area contributed by atoms with E-state index in [1.165, 1.54) is 0 Å². The highest BCUT2D eigenvalue weighted by Crippen LogP contribution is 2.31. The molecule has 2 fully saturated rings. The highest BCUT2D eigenvalue weighted by molar-refractivity contribution is 6.01. The Morgan fingerprint density at radius 1 is 1.06 bits per heavy atom. The number of piperidine rings is 2. The molecule has 2 heterocycles. The molecule has 6 nitrogen and oxygen atoms in total. The smallest absolute Gasteiger partial charge is 0.254 e. The number of hydrogen-bond acceptors (Lipinski definition) is 4. The van der Waals surface area contributed by atoms with Gasteiger partial charge in [-0.3, -0.25) is 9.59 Å². The van der Waals surface area contributed by atoms with Crippen LogP contribution in [0.2, 0.25) is 0 Å². The van der Waals surface area contributed by atoms with Crippen LogP contribution in [0.15, 0.2) is 48.5 Å². The van der Waals surface area contributed by atoms with Gasteiger partial charge in [-0.1, -0.05) is 30.3 Å². The van der Waals surface area contributed by atoms with Crippen molar-refractivity contribution in [1.82, 2.24) is 9.80 Å². The number of ether oxygens (including phenoxy) is 1. The maximum atomic E-state index is 14.0. The molecule has 194 valence electrons. The van der Waals surface area contributed by atoms with Gasteiger partial charge in [-0.15, -0.1) is 0 Å². The van der Waals surface area contributed by atoms with Gasteiger partial charge in [0.15, 0.2) is 0 Å². The van der Waals surface area contributed by atoms with Gasteiger partial charge in [-0.05, 0) is 87.9 Å². The second-order valence-electron chi connectivity index (χ2n) is 10.8. The van der Waals surface area contributed by atoms with Crippen LogP contribution in [0.25, 0.3) is 11.1 Å². The van der Waals surface area contributed by atoms with Gasteiger partial charge in [-0.2, -0.15) is 0 Å². The number of rotatable bonds is 8. The Hall–Kier alpha value is -2.93. The molecule has 2 saturated heterocycles. The zero-order chi connectivity index (χ0) is 25.7. The lowest BCUT2D eigenvalue weighted by Gasteiger charge is -2.34. The number of halogens is 1. The molecule has 2 aliphatic heterocycles. The zero-order valence-electron chi connectivity index (χ0n) is 21.4. The molecule has 2 amide bonds. The highest BCUT2D eigenvalue weighted by atomic mass is 19.1. The molecule has 1 atom stereocenters. The minimum absolute atomic E-state index is 0.104. The van der Waals surface area contributed by atoms with Gasteiger partial charge in [0.05, 0.1) is 18.1 Å². The average Bonchev–Trinajstić information content (AvgIpc) is 2.87. The van der Waals surface area contributed by atoms with Crippen molar-refractivity contribution in [2.24, 2.45) is 17.6 Å². The number of carbonyl (C=O) groups excluding carboxylic acids is 2. The average molecular weight is 496 g/mol. The minimum Gasteiger partial charge on any atom is -0.493 e. The van der Waals surface area contributed by atoms with Gasteiger partial charge in [0, 0.05) is 19.6 Å². The van der Waals surface area contributed by atoms with Crippen molar-refractivity contribution < 1.29 is 18.7 Å². The maximum absolute atomic E-state index is 14.0. The molecule has 2 N–H and O–H groups in total. The topological polar surface area (TPSA) is 75.9 Å². The van der Waals surface area contributed by atoms with E-state index >= 15 is 0 Å². The molecule has 36 heavy (non-hydrogen) atoms. The van der Waals surface area contributed by atoms with Gasteiger partial charge in [0.1, 0.15) is 11.4 Å². The molecular weight excluding hydrogens is 457 g/mol. The first-order valence-corrected chi connectivity index (χ1v) is 13.0. The summed E-state index contributed by atoms with van der Waals surface area (Å²) < 4.78 is 20.1. The summed E-state index contributed by atoms with van der Waals surface area (Å²) in [6.07, 6.45) is 3.41. The summed E-state index contributed by atoms with van der Waals surface area (Å²) in [4.78, 5) is 29.3. The normalized spacial score (nSPS) is 19.8. The van der Waals surface area contributed by atoms with Crippen molar-refractivity contribution >= 4 is 11.8 Å². The first kappa shape index (κ1) is 26.1. The van der Waals surface area contributed by atoms with Crippen molar-refractivity contribution in [2.75, 3.05) is 39.3 Å². The molecule has 2 aliphatic rings. The summed E-state index contributed by atoms with van der Waals surface area (Å²) in [5, 5.41) is 0. The van der Waals surface area contributed by atoms with Crippen LogP contribution < -0.4 is 10.5 Å². The summed E-state index contributed by atoms with van der Waals surface area (Å²) in [5.74, 6) is 0.293. The van der Waals surface area contributed by atoms with E-state index in [4.69, 9.17) is 10.5 Å². The molecule has 7 heteroatoms. The highest BCUT2D eigenvalue weighted by Gasteiger charge is 2.29. The first-order valence-electron chi connectivity index (χ1n) is 13.0. The van der Waals surface area contributed by atoms with Crippen LogP contribution in [-0.4, -0.2) is 66.6 Å². The predicted molar refractivity (Wildman–Crippen MR) is 140 cm³/mol. The summed E-state index contributed by atoms with van der Waals surface area (Å²) >= 11 is 0. The van der Waals surface area contributed by atoms with Gasteiger partial charge in [0.25, 0.3) is 5.91 Å².